The van der Waals surface area contributed by atoms with Crippen LogP contribution in [0.3, 0.4) is 0 Å². The molecule has 1 aromatic heterocycles. The van der Waals surface area contributed by atoms with Crippen LogP contribution in [0.25, 0.3) is 10.9 Å². The Morgan fingerprint density at radius 1 is 0.963 bits per heavy atom. The Morgan fingerprint density at radius 2 is 1.63 bits per heavy atom. The Labute approximate surface area is 158 Å². The second-order valence-electron chi connectivity index (χ2n) is 6.62. The highest BCUT2D eigenvalue weighted by atomic mass is 16.6. The van der Waals surface area contributed by atoms with Gasteiger partial charge in [0, 0.05) is 5.39 Å². The number of aromatic nitrogens is 1. The molecule has 0 radical (unpaired) electrons. The van der Waals surface area contributed by atoms with Gasteiger partial charge < -0.3 is 14.9 Å². The fraction of sp³-hybridized carbons (Fsp3) is 0.273. The molecular formula is C22H23NO4. The predicted octanol–water partition coefficient (Wildman–Crippen LogP) is 5.69. The molecule has 2 N–H and O–H groups in total. The monoisotopic (exact) mass is 365 g/mol. The maximum absolute atomic E-state index is 8.56. The van der Waals surface area contributed by atoms with E-state index >= 15 is 0 Å². The minimum absolute atomic E-state index is 0.508. The van der Waals surface area contributed by atoms with Crippen molar-refractivity contribution < 1.29 is 19.7 Å². The molecule has 0 aliphatic heterocycles. The molecule has 140 valence electrons. The first kappa shape index (κ1) is 18.7. The largest absolute Gasteiger partial charge is 0.503 e. The standard InChI is InChI=1S/C21H21NO.CH2O3/c1-2-6-16(5-1)17-10-13-20(14-11-17)23-15-19-12-9-18-7-3-4-8-21(18)22-19;2-1(3)4/h3-4,7-14,16H,1-2,5-6,15H2;(H2,2,3,4). The summed E-state index contributed by atoms with van der Waals surface area (Å²) in [6.45, 7) is 0.508. The topological polar surface area (TPSA) is 79.7 Å². The second-order valence-corrected chi connectivity index (χ2v) is 6.62. The zero-order valence-electron chi connectivity index (χ0n) is 15.0. The summed E-state index contributed by atoms with van der Waals surface area (Å²) in [6, 6.07) is 20.9. The third kappa shape index (κ3) is 5.45. The summed E-state index contributed by atoms with van der Waals surface area (Å²) >= 11 is 0. The van der Waals surface area contributed by atoms with Gasteiger partial charge in [-0.05, 0) is 48.6 Å². The van der Waals surface area contributed by atoms with E-state index in [1.807, 2.05) is 24.3 Å². The number of pyridine rings is 1. The van der Waals surface area contributed by atoms with Crippen LogP contribution in [0, 0.1) is 0 Å². The summed E-state index contributed by atoms with van der Waals surface area (Å²) in [6.07, 6.45) is 3.58. The molecule has 0 unspecified atom stereocenters. The maximum atomic E-state index is 8.56. The van der Waals surface area contributed by atoms with Crippen molar-refractivity contribution in [3.8, 4) is 5.75 Å². The molecule has 5 heteroatoms. The van der Waals surface area contributed by atoms with Crippen LogP contribution >= 0.6 is 0 Å². The highest BCUT2D eigenvalue weighted by Gasteiger charge is 2.16. The lowest BCUT2D eigenvalue weighted by atomic mass is 9.98. The second kappa shape index (κ2) is 9.03. The smallest absolute Gasteiger partial charge is 0.487 e. The van der Waals surface area contributed by atoms with Crippen molar-refractivity contribution in [2.45, 2.75) is 38.2 Å². The van der Waals surface area contributed by atoms with Gasteiger partial charge in [0.15, 0.2) is 0 Å². The van der Waals surface area contributed by atoms with Crippen molar-refractivity contribution in [3.63, 3.8) is 0 Å². The molecule has 0 bridgehead atoms. The molecule has 3 aromatic rings. The van der Waals surface area contributed by atoms with E-state index in [-0.39, 0.29) is 0 Å². The first-order valence-corrected chi connectivity index (χ1v) is 9.11. The maximum Gasteiger partial charge on any atom is 0.503 e. The van der Waals surface area contributed by atoms with Crippen molar-refractivity contribution in [2.75, 3.05) is 0 Å². The van der Waals surface area contributed by atoms with Gasteiger partial charge in [-0.2, -0.15) is 0 Å². The van der Waals surface area contributed by atoms with Crippen molar-refractivity contribution in [1.82, 2.24) is 4.98 Å². The number of carbonyl (C=O) groups is 1. The highest BCUT2D eigenvalue weighted by molar-refractivity contribution is 5.78. The fourth-order valence-electron chi connectivity index (χ4n) is 3.44. The van der Waals surface area contributed by atoms with Crippen LogP contribution in [0.1, 0.15) is 42.9 Å². The zero-order chi connectivity index (χ0) is 19.1. The third-order valence-corrected chi connectivity index (χ3v) is 4.75. The lowest BCUT2D eigenvalue weighted by Gasteiger charge is -2.11. The minimum Gasteiger partial charge on any atom is -0.487 e. The molecule has 4 rings (SSSR count). The van der Waals surface area contributed by atoms with Gasteiger partial charge in [-0.1, -0.05) is 49.2 Å². The third-order valence-electron chi connectivity index (χ3n) is 4.75. The summed E-state index contributed by atoms with van der Waals surface area (Å²) in [4.78, 5) is 13.2. The number of carboxylic acid groups (broad SMARTS) is 2. The number of benzene rings is 2. The van der Waals surface area contributed by atoms with Crippen molar-refractivity contribution >= 4 is 17.1 Å². The average Bonchev–Trinajstić information content (AvgIpc) is 3.21. The van der Waals surface area contributed by atoms with Crippen molar-refractivity contribution in [2.24, 2.45) is 0 Å². The number of fused-ring (bicyclic) bond motifs is 1. The van der Waals surface area contributed by atoms with Crippen LogP contribution in [0.4, 0.5) is 4.79 Å². The van der Waals surface area contributed by atoms with E-state index in [4.69, 9.17) is 19.7 Å². The zero-order valence-corrected chi connectivity index (χ0v) is 15.0. The van der Waals surface area contributed by atoms with Crippen LogP contribution in [-0.2, 0) is 6.61 Å². The van der Waals surface area contributed by atoms with E-state index in [1.54, 1.807) is 0 Å². The Hall–Kier alpha value is -3.08. The van der Waals surface area contributed by atoms with E-state index in [0.717, 1.165) is 28.3 Å². The number of nitrogens with zero attached hydrogens (tertiary/aromatic N) is 1. The molecule has 0 spiro atoms. The van der Waals surface area contributed by atoms with Gasteiger partial charge in [0.05, 0.1) is 11.2 Å². The van der Waals surface area contributed by atoms with Gasteiger partial charge in [0.25, 0.3) is 0 Å². The van der Waals surface area contributed by atoms with E-state index in [0.29, 0.717) is 6.61 Å². The highest BCUT2D eigenvalue weighted by Crippen LogP contribution is 2.34. The fourth-order valence-corrected chi connectivity index (χ4v) is 3.44. The SMILES string of the molecule is O=C(O)O.c1ccc2nc(COc3ccc(C4CCCC4)cc3)ccc2c1. The Morgan fingerprint density at radius 3 is 2.33 bits per heavy atom. The molecule has 1 saturated carbocycles. The van der Waals surface area contributed by atoms with Gasteiger partial charge in [-0.15, -0.1) is 0 Å². The molecule has 2 aromatic carbocycles. The number of hydrogen-bond donors (Lipinski definition) is 2. The minimum atomic E-state index is -1.83. The van der Waals surface area contributed by atoms with Gasteiger partial charge in [-0.3, -0.25) is 0 Å². The number of ether oxygens (including phenoxy) is 1. The lowest BCUT2D eigenvalue weighted by Crippen LogP contribution is -1.99. The molecular weight excluding hydrogens is 342 g/mol. The van der Waals surface area contributed by atoms with E-state index in [9.17, 15) is 0 Å². The summed E-state index contributed by atoms with van der Waals surface area (Å²) in [5, 5.41) is 15.1. The number of rotatable bonds is 4. The summed E-state index contributed by atoms with van der Waals surface area (Å²) in [5.74, 6) is 1.67. The quantitative estimate of drug-likeness (QED) is 0.620. The molecule has 0 saturated heterocycles. The van der Waals surface area contributed by atoms with Crippen molar-refractivity contribution in [1.29, 1.82) is 0 Å². The van der Waals surface area contributed by atoms with Crippen LogP contribution in [0.5, 0.6) is 5.75 Å². The van der Waals surface area contributed by atoms with Gasteiger partial charge in [-0.25, -0.2) is 9.78 Å². The van der Waals surface area contributed by atoms with E-state index in [2.05, 4.69) is 41.4 Å². The summed E-state index contributed by atoms with van der Waals surface area (Å²) in [5.41, 5.74) is 3.44. The Bertz CT molecular complexity index is 882. The molecule has 27 heavy (non-hydrogen) atoms. The summed E-state index contributed by atoms with van der Waals surface area (Å²) < 4.78 is 5.90. The molecule has 1 fully saturated rings. The number of para-hydroxylation sites is 1. The first-order chi connectivity index (χ1) is 13.1. The van der Waals surface area contributed by atoms with Crippen LogP contribution in [0.15, 0.2) is 60.7 Å². The van der Waals surface area contributed by atoms with Crippen LogP contribution in [-0.4, -0.2) is 21.4 Å². The van der Waals surface area contributed by atoms with Crippen LogP contribution in [0.2, 0.25) is 0 Å². The normalized spacial score (nSPS) is 13.8. The van der Waals surface area contributed by atoms with E-state index < -0.39 is 6.16 Å². The molecule has 1 heterocycles. The average molecular weight is 365 g/mol. The number of hydrogen-bond acceptors (Lipinski definition) is 3. The van der Waals surface area contributed by atoms with Gasteiger partial charge in [0.1, 0.15) is 12.4 Å². The Balaban J connectivity index is 0.000000481. The molecule has 1 aliphatic carbocycles. The van der Waals surface area contributed by atoms with Gasteiger partial charge in [0.2, 0.25) is 0 Å². The van der Waals surface area contributed by atoms with Crippen molar-refractivity contribution in [3.05, 3.63) is 71.9 Å². The first-order valence-electron chi connectivity index (χ1n) is 9.11. The Kier molecular flexibility index (Phi) is 6.26. The lowest BCUT2D eigenvalue weighted by molar-refractivity contribution is 0.137. The molecule has 0 amide bonds. The molecule has 5 nitrogen and oxygen atoms in total. The molecule has 1 aliphatic rings. The van der Waals surface area contributed by atoms with Crippen LogP contribution < -0.4 is 4.74 Å². The van der Waals surface area contributed by atoms with Gasteiger partial charge >= 0.3 is 6.16 Å². The van der Waals surface area contributed by atoms with E-state index in [1.165, 1.54) is 31.2 Å². The summed E-state index contributed by atoms with van der Waals surface area (Å²) in [7, 11) is 0. The predicted molar refractivity (Wildman–Crippen MR) is 104 cm³/mol. The molecule has 0 atom stereocenters.